The van der Waals surface area contributed by atoms with Gasteiger partial charge in [0.15, 0.2) is 0 Å². The normalized spacial score (nSPS) is 40.5. The van der Waals surface area contributed by atoms with Gasteiger partial charge in [0.05, 0.1) is 0 Å². The standard InChI is InChI=1S/C30H48O2/c1-19(2)20(3)8-9-21(4)26-12-13-27-25-11-10-23-18-24(32-22(5)31)14-16-29(23,6)28(25)15-17-30(26,27)7/h10-11,19-21,24,26-28H,8-9,12-18H2,1-7H3/t20-,21-,24-,26+,27-,28+,29-,30+/m1/s1. The molecule has 0 radical (unpaired) electrons. The zero-order valence-corrected chi connectivity index (χ0v) is 21.9. The first-order valence-corrected chi connectivity index (χ1v) is 13.6. The molecule has 0 unspecified atom stereocenters. The number of carbonyl (C=O) groups is 1. The molecule has 32 heavy (non-hydrogen) atoms. The fourth-order valence-electron chi connectivity index (χ4n) is 8.34. The van der Waals surface area contributed by atoms with Gasteiger partial charge in [-0.2, -0.15) is 0 Å². The van der Waals surface area contributed by atoms with Crippen LogP contribution in [0.4, 0.5) is 0 Å². The van der Waals surface area contributed by atoms with Crippen LogP contribution in [0.15, 0.2) is 23.3 Å². The average Bonchev–Trinajstić information content (AvgIpc) is 3.08. The van der Waals surface area contributed by atoms with Crippen molar-refractivity contribution in [3.05, 3.63) is 23.3 Å². The Morgan fingerprint density at radius 1 is 1.00 bits per heavy atom. The maximum absolute atomic E-state index is 11.5. The Balaban J connectivity index is 1.50. The van der Waals surface area contributed by atoms with Gasteiger partial charge in [-0.25, -0.2) is 0 Å². The molecule has 0 aliphatic heterocycles. The molecule has 2 heteroatoms. The molecule has 0 saturated heterocycles. The second-order valence-corrected chi connectivity index (χ2v) is 12.9. The molecule has 180 valence electrons. The average molecular weight is 441 g/mol. The van der Waals surface area contributed by atoms with E-state index in [0.717, 1.165) is 48.9 Å². The summed E-state index contributed by atoms with van der Waals surface area (Å²) in [5, 5.41) is 0. The molecule has 0 amide bonds. The topological polar surface area (TPSA) is 26.3 Å². The van der Waals surface area contributed by atoms with E-state index in [1.165, 1.54) is 44.1 Å². The van der Waals surface area contributed by atoms with Crippen molar-refractivity contribution in [2.24, 2.45) is 46.3 Å². The quantitative estimate of drug-likeness (QED) is 0.390. The van der Waals surface area contributed by atoms with Crippen molar-refractivity contribution < 1.29 is 9.53 Å². The van der Waals surface area contributed by atoms with Gasteiger partial charge in [-0.3, -0.25) is 4.79 Å². The second kappa shape index (κ2) is 8.95. The Labute approximate surface area is 197 Å². The van der Waals surface area contributed by atoms with Crippen molar-refractivity contribution >= 4 is 5.97 Å². The van der Waals surface area contributed by atoms with Gasteiger partial charge in [0.1, 0.15) is 6.10 Å². The number of allylic oxidation sites excluding steroid dienone is 3. The highest BCUT2D eigenvalue weighted by Gasteiger charge is 2.57. The number of hydrogen-bond acceptors (Lipinski definition) is 2. The lowest BCUT2D eigenvalue weighted by Crippen LogP contribution is -2.46. The smallest absolute Gasteiger partial charge is 0.302 e. The van der Waals surface area contributed by atoms with Crippen molar-refractivity contribution in [1.29, 1.82) is 0 Å². The van der Waals surface area contributed by atoms with Crippen LogP contribution in [0.3, 0.4) is 0 Å². The summed E-state index contributed by atoms with van der Waals surface area (Å²) in [7, 11) is 0. The monoisotopic (exact) mass is 440 g/mol. The predicted octanol–water partition coefficient (Wildman–Crippen LogP) is 8.13. The van der Waals surface area contributed by atoms with Gasteiger partial charge in [-0.15, -0.1) is 0 Å². The van der Waals surface area contributed by atoms with Gasteiger partial charge >= 0.3 is 5.97 Å². The number of ether oxygens (including phenoxy) is 1. The Hall–Kier alpha value is -1.05. The van der Waals surface area contributed by atoms with E-state index in [1.54, 1.807) is 12.5 Å². The zero-order chi connectivity index (χ0) is 23.3. The minimum absolute atomic E-state index is 0.0839. The van der Waals surface area contributed by atoms with Crippen LogP contribution in [-0.2, 0) is 9.53 Å². The zero-order valence-electron chi connectivity index (χ0n) is 21.9. The highest BCUT2D eigenvalue weighted by atomic mass is 16.5. The summed E-state index contributed by atoms with van der Waals surface area (Å²) in [5.41, 5.74) is 4.08. The van der Waals surface area contributed by atoms with Gasteiger partial charge < -0.3 is 4.74 Å². The molecular formula is C30H48O2. The van der Waals surface area contributed by atoms with Crippen LogP contribution in [0.5, 0.6) is 0 Å². The van der Waals surface area contributed by atoms with Gasteiger partial charge in [0.25, 0.3) is 0 Å². The fraction of sp³-hybridized carbons (Fsp3) is 0.833. The molecule has 4 aliphatic carbocycles. The van der Waals surface area contributed by atoms with Crippen molar-refractivity contribution in [2.75, 3.05) is 0 Å². The minimum atomic E-state index is -0.131. The molecule has 0 N–H and O–H groups in total. The van der Waals surface area contributed by atoms with Crippen LogP contribution >= 0.6 is 0 Å². The maximum Gasteiger partial charge on any atom is 0.302 e. The van der Waals surface area contributed by atoms with Crippen LogP contribution in [-0.4, -0.2) is 12.1 Å². The first kappa shape index (κ1) is 24.1. The van der Waals surface area contributed by atoms with Crippen LogP contribution in [0.2, 0.25) is 0 Å². The van der Waals surface area contributed by atoms with E-state index in [9.17, 15) is 4.79 Å². The summed E-state index contributed by atoms with van der Waals surface area (Å²) in [4.78, 5) is 11.5. The third kappa shape index (κ3) is 4.14. The van der Waals surface area contributed by atoms with Crippen molar-refractivity contribution in [3.8, 4) is 0 Å². The summed E-state index contributed by atoms with van der Waals surface area (Å²) in [6.07, 6.45) is 16.5. The van der Waals surface area contributed by atoms with Crippen LogP contribution < -0.4 is 0 Å². The highest BCUT2D eigenvalue weighted by Crippen LogP contribution is 2.66. The minimum Gasteiger partial charge on any atom is -0.462 e. The number of fused-ring (bicyclic) bond motifs is 5. The Bertz CT molecular complexity index is 776. The van der Waals surface area contributed by atoms with Crippen molar-refractivity contribution in [2.45, 2.75) is 112 Å². The Morgan fingerprint density at radius 2 is 1.75 bits per heavy atom. The van der Waals surface area contributed by atoms with E-state index in [4.69, 9.17) is 4.74 Å². The number of hydrogen-bond donors (Lipinski definition) is 0. The molecule has 0 aromatic carbocycles. The van der Waals surface area contributed by atoms with Gasteiger partial charge in [-0.1, -0.05) is 77.7 Å². The van der Waals surface area contributed by atoms with Crippen LogP contribution in [0.25, 0.3) is 0 Å². The Kier molecular flexibility index (Phi) is 6.74. The van der Waals surface area contributed by atoms with E-state index in [0.29, 0.717) is 11.3 Å². The predicted molar refractivity (Wildman–Crippen MR) is 133 cm³/mol. The number of carbonyl (C=O) groups excluding carboxylic acids is 1. The first-order chi connectivity index (χ1) is 15.1. The van der Waals surface area contributed by atoms with E-state index in [1.807, 2.05) is 0 Å². The summed E-state index contributed by atoms with van der Waals surface area (Å²) >= 11 is 0. The number of rotatable bonds is 6. The summed E-state index contributed by atoms with van der Waals surface area (Å²) in [6.45, 7) is 16.5. The van der Waals surface area contributed by atoms with Gasteiger partial charge in [-0.05, 0) is 84.9 Å². The van der Waals surface area contributed by atoms with E-state index in [-0.39, 0.29) is 17.5 Å². The lowest BCUT2D eigenvalue weighted by Gasteiger charge is -2.55. The molecule has 0 aromatic heterocycles. The molecule has 4 aliphatic rings. The van der Waals surface area contributed by atoms with Gasteiger partial charge in [0, 0.05) is 13.3 Å². The molecule has 3 saturated carbocycles. The fourth-order valence-corrected chi connectivity index (χ4v) is 8.34. The highest BCUT2D eigenvalue weighted by molar-refractivity contribution is 5.66. The van der Waals surface area contributed by atoms with E-state index >= 15 is 0 Å². The number of esters is 1. The second-order valence-electron chi connectivity index (χ2n) is 12.9. The van der Waals surface area contributed by atoms with Crippen LogP contribution in [0.1, 0.15) is 106 Å². The molecular weight excluding hydrogens is 392 g/mol. The van der Waals surface area contributed by atoms with Crippen molar-refractivity contribution in [3.63, 3.8) is 0 Å². The lowest BCUT2D eigenvalue weighted by atomic mass is 9.50. The molecule has 0 heterocycles. The molecule has 0 spiro atoms. The summed E-state index contributed by atoms with van der Waals surface area (Å²) in [6, 6.07) is 0. The third-order valence-electron chi connectivity index (χ3n) is 10.8. The molecule has 3 fully saturated rings. The van der Waals surface area contributed by atoms with Crippen LogP contribution in [0, 0.1) is 46.3 Å². The molecule has 0 aromatic rings. The summed E-state index contributed by atoms with van der Waals surface area (Å²) < 4.78 is 5.60. The lowest BCUT2D eigenvalue weighted by molar-refractivity contribution is -0.148. The first-order valence-electron chi connectivity index (χ1n) is 13.6. The SMILES string of the molecule is CC(=O)O[C@@H]1CC[C@]2(C)C(=CC=C3[C@H]4CC[C@@H]([C@H](C)CC[C@@H](C)C(C)C)[C@]4(C)CC[C@@H]32)C1. The van der Waals surface area contributed by atoms with E-state index < -0.39 is 0 Å². The molecule has 8 atom stereocenters. The van der Waals surface area contributed by atoms with Gasteiger partial charge in [0.2, 0.25) is 0 Å². The van der Waals surface area contributed by atoms with Crippen molar-refractivity contribution in [1.82, 2.24) is 0 Å². The molecule has 0 bridgehead atoms. The maximum atomic E-state index is 11.5. The Morgan fingerprint density at radius 3 is 2.44 bits per heavy atom. The summed E-state index contributed by atoms with van der Waals surface area (Å²) in [5.74, 6) is 4.71. The third-order valence-corrected chi connectivity index (χ3v) is 10.8. The molecule has 4 rings (SSSR count). The largest absolute Gasteiger partial charge is 0.462 e. The van der Waals surface area contributed by atoms with E-state index in [2.05, 4.69) is 53.7 Å². The molecule has 2 nitrogen and oxygen atoms in total.